The van der Waals surface area contributed by atoms with E-state index in [-0.39, 0.29) is 12.0 Å². The lowest BCUT2D eigenvalue weighted by Crippen LogP contribution is -2.62. The van der Waals surface area contributed by atoms with Crippen molar-refractivity contribution < 1.29 is 15.0 Å². The highest BCUT2D eigenvalue weighted by atomic mass is 35.5. The molecule has 7 atom stereocenters. The van der Waals surface area contributed by atoms with E-state index in [1.165, 1.54) is 5.57 Å². The molecule has 0 aromatic rings. The van der Waals surface area contributed by atoms with Crippen molar-refractivity contribution in [2.24, 2.45) is 35.0 Å². The summed E-state index contributed by atoms with van der Waals surface area (Å²) < 4.78 is 0. The Balaban J connectivity index is 1.73. The topological polar surface area (TPSA) is 57.5 Å². The van der Waals surface area contributed by atoms with Crippen molar-refractivity contribution in [1.82, 2.24) is 0 Å². The van der Waals surface area contributed by atoms with Crippen molar-refractivity contribution >= 4 is 17.4 Å². The van der Waals surface area contributed by atoms with Crippen molar-refractivity contribution in [3.8, 4) is 0 Å². The molecule has 4 aliphatic carbocycles. The van der Waals surface area contributed by atoms with E-state index in [0.29, 0.717) is 46.8 Å². The maximum absolute atomic E-state index is 11.9. The summed E-state index contributed by atoms with van der Waals surface area (Å²) in [5.41, 5.74) is -0.328. The molecule has 0 amide bonds. The van der Waals surface area contributed by atoms with Gasteiger partial charge in [-0.25, -0.2) is 0 Å². The van der Waals surface area contributed by atoms with Gasteiger partial charge in [-0.15, -0.1) is 0 Å². The number of fused-ring (bicyclic) bond motifs is 5. The first-order valence-corrected chi connectivity index (χ1v) is 10.1. The molecular formula is C21H29ClO3. The van der Waals surface area contributed by atoms with E-state index in [1.54, 1.807) is 0 Å². The molecule has 4 rings (SSSR count). The monoisotopic (exact) mass is 364 g/mol. The molecule has 2 N–H and O–H groups in total. The number of aliphatic hydroxyl groups is 2. The van der Waals surface area contributed by atoms with Crippen LogP contribution in [0.5, 0.6) is 0 Å². The number of halogens is 1. The Morgan fingerprint density at radius 2 is 2.12 bits per heavy atom. The van der Waals surface area contributed by atoms with Crippen LogP contribution in [0, 0.1) is 35.0 Å². The molecule has 3 nitrogen and oxygen atoms in total. The van der Waals surface area contributed by atoms with Crippen molar-refractivity contribution in [2.45, 2.75) is 58.0 Å². The molecular weight excluding hydrogens is 336 g/mol. The van der Waals surface area contributed by atoms with Crippen molar-refractivity contribution in [1.29, 1.82) is 0 Å². The summed E-state index contributed by atoms with van der Waals surface area (Å²) in [7, 11) is 0. The second kappa shape index (κ2) is 5.94. The van der Waals surface area contributed by atoms with E-state index in [2.05, 4.69) is 13.8 Å². The second-order valence-electron chi connectivity index (χ2n) is 9.12. The van der Waals surface area contributed by atoms with Gasteiger partial charge in [0.05, 0.1) is 6.61 Å². The molecule has 4 aliphatic rings. The van der Waals surface area contributed by atoms with Crippen LogP contribution in [-0.2, 0) is 4.79 Å². The third-order valence-corrected chi connectivity index (χ3v) is 8.62. The SMILES string of the molecule is C[C@@H]1CC2=CC(=O)CC[C@@H]2[C@H]2CC[C@@]3(C)[C@@H](CC=C(Cl)C3(O)CO)[C@@H]21. The maximum Gasteiger partial charge on any atom is 0.155 e. The molecule has 0 aromatic heterocycles. The Bertz CT molecular complexity index is 654. The molecule has 2 saturated carbocycles. The van der Waals surface area contributed by atoms with E-state index in [4.69, 9.17) is 11.6 Å². The van der Waals surface area contributed by atoms with Crippen LogP contribution >= 0.6 is 11.6 Å². The van der Waals surface area contributed by atoms with Crippen LogP contribution in [-0.4, -0.2) is 28.2 Å². The standard InChI is InChI=1S/C21H29ClO3/c1-12-9-13-10-14(24)3-4-15(13)16-7-8-20(2)17(19(12)16)5-6-18(22)21(20,25)11-23/h6,10,12,15-17,19,23,25H,3-5,7-9,11H2,1-2H3/t12-,15+,16-,17+,19-,20+,21?/m1/s1. The third kappa shape index (κ3) is 2.35. The van der Waals surface area contributed by atoms with Gasteiger partial charge in [-0.3, -0.25) is 4.79 Å². The Kier molecular flexibility index (Phi) is 4.22. The van der Waals surface area contributed by atoms with Crippen LogP contribution in [0.1, 0.15) is 52.4 Å². The molecule has 0 spiro atoms. The Morgan fingerprint density at radius 1 is 1.36 bits per heavy atom. The number of carbonyl (C=O) groups is 1. The Labute approximate surface area is 155 Å². The molecule has 2 fully saturated rings. The number of allylic oxidation sites excluding steroid dienone is 3. The van der Waals surface area contributed by atoms with Gasteiger partial charge in [0.25, 0.3) is 0 Å². The van der Waals surface area contributed by atoms with Gasteiger partial charge in [0.1, 0.15) is 5.60 Å². The summed E-state index contributed by atoms with van der Waals surface area (Å²) in [6.45, 7) is 4.11. The van der Waals surface area contributed by atoms with E-state index < -0.39 is 5.60 Å². The number of aliphatic hydroxyl groups excluding tert-OH is 1. The first-order chi connectivity index (χ1) is 11.8. The lowest BCUT2D eigenvalue weighted by atomic mass is 9.44. The van der Waals surface area contributed by atoms with E-state index in [9.17, 15) is 15.0 Å². The molecule has 0 radical (unpaired) electrons. The number of hydrogen-bond acceptors (Lipinski definition) is 3. The Morgan fingerprint density at radius 3 is 2.84 bits per heavy atom. The summed E-state index contributed by atoms with van der Waals surface area (Å²) in [6, 6.07) is 0. The summed E-state index contributed by atoms with van der Waals surface area (Å²) in [5, 5.41) is 21.6. The highest BCUT2D eigenvalue weighted by Crippen LogP contribution is 2.64. The summed E-state index contributed by atoms with van der Waals surface area (Å²) in [4.78, 5) is 11.9. The van der Waals surface area contributed by atoms with Crippen LogP contribution in [0.15, 0.2) is 22.8 Å². The van der Waals surface area contributed by atoms with Gasteiger partial charge in [0.2, 0.25) is 0 Å². The first-order valence-electron chi connectivity index (χ1n) is 9.74. The van der Waals surface area contributed by atoms with Gasteiger partial charge >= 0.3 is 0 Å². The zero-order valence-electron chi connectivity index (χ0n) is 15.2. The Hall–Kier alpha value is -0.640. The highest BCUT2D eigenvalue weighted by molar-refractivity contribution is 6.30. The van der Waals surface area contributed by atoms with Gasteiger partial charge < -0.3 is 10.2 Å². The first kappa shape index (κ1) is 17.8. The molecule has 0 bridgehead atoms. The minimum Gasteiger partial charge on any atom is -0.393 e. The van der Waals surface area contributed by atoms with Crippen LogP contribution in [0.25, 0.3) is 0 Å². The van der Waals surface area contributed by atoms with Crippen molar-refractivity contribution in [3.63, 3.8) is 0 Å². The third-order valence-electron chi connectivity index (χ3n) is 8.15. The fourth-order valence-corrected chi connectivity index (χ4v) is 7.16. The summed E-state index contributed by atoms with van der Waals surface area (Å²) >= 11 is 6.38. The van der Waals surface area contributed by atoms with Gasteiger partial charge in [0.15, 0.2) is 5.78 Å². The molecule has 25 heavy (non-hydrogen) atoms. The average Bonchev–Trinajstić information content (AvgIpc) is 2.58. The zero-order valence-corrected chi connectivity index (χ0v) is 15.9. The van der Waals surface area contributed by atoms with Gasteiger partial charge in [0, 0.05) is 16.9 Å². The molecule has 0 saturated heterocycles. The summed E-state index contributed by atoms with van der Waals surface area (Å²) in [5.74, 6) is 2.77. The second-order valence-corrected chi connectivity index (χ2v) is 9.53. The van der Waals surface area contributed by atoms with Gasteiger partial charge in [-0.05, 0) is 67.8 Å². The summed E-state index contributed by atoms with van der Waals surface area (Å²) in [6.07, 6.45) is 9.34. The van der Waals surface area contributed by atoms with Crippen LogP contribution < -0.4 is 0 Å². The van der Waals surface area contributed by atoms with E-state index >= 15 is 0 Å². The fraction of sp³-hybridized carbons (Fsp3) is 0.762. The number of rotatable bonds is 1. The van der Waals surface area contributed by atoms with E-state index in [1.807, 2.05) is 12.2 Å². The quantitative estimate of drug-likeness (QED) is 0.743. The maximum atomic E-state index is 11.9. The molecule has 0 aliphatic heterocycles. The average molecular weight is 365 g/mol. The lowest BCUT2D eigenvalue weighted by molar-refractivity contribution is -0.166. The highest BCUT2D eigenvalue weighted by Gasteiger charge is 2.62. The largest absolute Gasteiger partial charge is 0.393 e. The normalized spacial score (nSPS) is 49.5. The van der Waals surface area contributed by atoms with Crippen molar-refractivity contribution in [2.75, 3.05) is 6.61 Å². The number of carbonyl (C=O) groups excluding carboxylic acids is 1. The minimum absolute atomic E-state index is 0.291. The number of hydrogen-bond donors (Lipinski definition) is 2. The van der Waals surface area contributed by atoms with Crippen LogP contribution in [0.3, 0.4) is 0 Å². The predicted octanol–water partition coefficient (Wildman–Crippen LogP) is 3.83. The smallest absolute Gasteiger partial charge is 0.155 e. The van der Waals surface area contributed by atoms with Crippen LogP contribution in [0.2, 0.25) is 0 Å². The molecule has 0 heterocycles. The zero-order chi connectivity index (χ0) is 18.0. The minimum atomic E-state index is -1.32. The van der Waals surface area contributed by atoms with Crippen LogP contribution in [0.4, 0.5) is 0 Å². The van der Waals surface area contributed by atoms with Gasteiger partial charge in [-0.2, -0.15) is 0 Å². The van der Waals surface area contributed by atoms with Gasteiger partial charge in [-0.1, -0.05) is 37.1 Å². The van der Waals surface area contributed by atoms with Crippen molar-refractivity contribution in [3.05, 3.63) is 22.8 Å². The molecule has 1 unspecified atom stereocenters. The lowest BCUT2D eigenvalue weighted by Gasteiger charge is -2.62. The molecule has 4 heteroatoms. The predicted molar refractivity (Wildman–Crippen MR) is 98.0 cm³/mol. The molecule has 0 aromatic carbocycles. The molecule has 138 valence electrons. The fourth-order valence-electron chi connectivity index (χ4n) is 6.79. The van der Waals surface area contributed by atoms with E-state index in [0.717, 1.165) is 32.1 Å². The number of ketones is 1.